The fraction of sp³-hybridized carbons (Fsp3) is 0.667. The van der Waals surface area contributed by atoms with Crippen molar-refractivity contribution in [2.45, 2.75) is 46.1 Å². The zero-order valence-corrected chi connectivity index (χ0v) is 11.6. The fourth-order valence-electron chi connectivity index (χ4n) is 3.00. The second kappa shape index (κ2) is 6.07. The van der Waals surface area contributed by atoms with Gasteiger partial charge in [-0.05, 0) is 44.1 Å². The zero-order valence-electron chi connectivity index (χ0n) is 11.6. The van der Waals surface area contributed by atoms with Crippen LogP contribution in [0.4, 0.5) is 5.82 Å². The summed E-state index contributed by atoms with van der Waals surface area (Å²) in [6, 6.07) is 6.47. The van der Waals surface area contributed by atoms with Crippen LogP contribution in [0.3, 0.4) is 0 Å². The first kappa shape index (κ1) is 13.2. The fourth-order valence-corrected chi connectivity index (χ4v) is 3.00. The molecule has 1 aromatic rings. The summed E-state index contributed by atoms with van der Waals surface area (Å²) in [5, 5.41) is 3.55. The highest BCUT2D eigenvalue weighted by molar-refractivity contribution is 5.38. The van der Waals surface area contributed by atoms with Gasteiger partial charge in [-0.3, -0.25) is 0 Å². The Labute approximate surface area is 110 Å². The molecule has 3 heteroatoms. The van der Waals surface area contributed by atoms with E-state index < -0.39 is 0 Å². The van der Waals surface area contributed by atoms with Crippen LogP contribution < -0.4 is 10.1 Å². The van der Waals surface area contributed by atoms with Gasteiger partial charge in [0.05, 0.1) is 6.61 Å². The maximum absolute atomic E-state index is 5.43. The average molecular weight is 248 g/mol. The van der Waals surface area contributed by atoms with E-state index in [1.54, 1.807) is 0 Å². The van der Waals surface area contributed by atoms with Gasteiger partial charge in [0.15, 0.2) is 0 Å². The maximum Gasteiger partial charge on any atom is 0.215 e. The van der Waals surface area contributed by atoms with Gasteiger partial charge in [0, 0.05) is 12.1 Å². The van der Waals surface area contributed by atoms with Gasteiger partial charge in [-0.15, -0.1) is 0 Å². The number of hydrogen-bond acceptors (Lipinski definition) is 3. The van der Waals surface area contributed by atoms with Gasteiger partial charge in [0.1, 0.15) is 5.82 Å². The van der Waals surface area contributed by atoms with Crippen molar-refractivity contribution >= 4 is 5.82 Å². The van der Waals surface area contributed by atoms with Gasteiger partial charge in [0.2, 0.25) is 5.88 Å². The summed E-state index contributed by atoms with van der Waals surface area (Å²) < 4.78 is 5.43. The molecule has 1 aromatic heterocycles. The topological polar surface area (TPSA) is 34.1 Å². The minimum Gasteiger partial charge on any atom is -0.478 e. The van der Waals surface area contributed by atoms with Gasteiger partial charge < -0.3 is 10.1 Å². The van der Waals surface area contributed by atoms with Crippen LogP contribution >= 0.6 is 0 Å². The molecule has 1 fully saturated rings. The molecule has 100 valence electrons. The van der Waals surface area contributed by atoms with E-state index in [1.165, 1.54) is 19.3 Å². The molecule has 2 rings (SSSR count). The molecule has 18 heavy (non-hydrogen) atoms. The van der Waals surface area contributed by atoms with E-state index in [0.29, 0.717) is 18.5 Å². The van der Waals surface area contributed by atoms with Gasteiger partial charge >= 0.3 is 0 Å². The molecule has 1 N–H and O–H groups in total. The summed E-state index contributed by atoms with van der Waals surface area (Å²) in [7, 11) is 0. The second-order valence-corrected chi connectivity index (χ2v) is 5.55. The molecule has 2 unspecified atom stereocenters. The molecule has 1 aliphatic rings. The Morgan fingerprint density at radius 3 is 2.61 bits per heavy atom. The lowest BCUT2D eigenvalue weighted by atomic mass is 9.80. The van der Waals surface area contributed by atoms with Crippen molar-refractivity contribution in [3.8, 4) is 5.88 Å². The first-order valence-corrected chi connectivity index (χ1v) is 7.03. The van der Waals surface area contributed by atoms with Crippen LogP contribution in [-0.4, -0.2) is 17.6 Å². The first-order valence-electron chi connectivity index (χ1n) is 7.03. The quantitative estimate of drug-likeness (QED) is 0.882. The summed E-state index contributed by atoms with van der Waals surface area (Å²) in [4.78, 5) is 4.47. The van der Waals surface area contributed by atoms with Crippen LogP contribution in [0, 0.1) is 11.8 Å². The molecule has 0 radical (unpaired) electrons. The third-order valence-electron chi connectivity index (χ3n) is 3.55. The van der Waals surface area contributed by atoms with Crippen molar-refractivity contribution in [3.63, 3.8) is 0 Å². The summed E-state index contributed by atoms with van der Waals surface area (Å²) in [6.07, 6.45) is 3.83. The minimum absolute atomic E-state index is 0.549. The number of nitrogens with one attached hydrogen (secondary N) is 1. The van der Waals surface area contributed by atoms with E-state index in [-0.39, 0.29) is 0 Å². The van der Waals surface area contributed by atoms with Crippen molar-refractivity contribution in [3.05, 3.63) is 18.2 Å². The van der Waals surface area contributed by atoms with Crippen molar-refractivity contribution in [1.82, 2.24) is 4.98 Å². The Morgan fingerprint density at radius 2 is 1.94 bits per heavy atom. The Morgan fingerprint density at radius 1 is 1.22 bits per heavy atom. The van der Waals surface area contributed by atoms with E-state index in [0.717, 1.165) is 17.7 Å². The molecule has 0 aliphatic heterocycles. The number of nitrogens with zero attached hydrogens (tertiary/aromatic N) is 1. The van der Waals surface area contributed by atoms with Crippen LogP contribution in [0.15, 0.2) is 18.2 Å². The second-order valence-electron chi connectivity index (χ2n) is 5.55. The van der Waals surface area contributed by atoms with Gasteiger partial charge in [-0.2, -0.15) is 4.98 Å². The van der Waals surface area contributed by atoms with Gasteiger partial charge in [-0.1, -0.05) is 19.9 Å². The molecular weight excluding hydrogens is 224 g/mol. The van der Waals surface area contributed by atoms with Crippen LogP contribution in [0.5, 0.6) is 5.88 Å². The Hall–Kier alpha value is -1.25. The number of rotatable bonds is 4. The number of aromatic nitrogens is 1. The van der Waals surface area contributed by atoms with E-state index in [9.17, 15) is 0 Å². The Bertz CT molecular complexity index is 371. The number of hydrogen-bond donors (Lipinski definition) is 1. The van der Waals surface area contributed by atoms with Gasteiger partial charge in [0.25, 0.3) is 0 Å². The van der Waals surface area contributed by atoms with Gasteiger partial charge in [-0.25, -0.2) is 0 Å². The highest BCUT2D eigenvalue weighted by atomic mass is 16.5. The summed E-state index contributed by atoms with van der Waals surface area (Å²) in [5.41, 5.74) is 0. The standard InChI is InChI=1S/C15H24N2O/c1-4-18-15-7-5-6-14(17-15)16-13-9-11(2)8-12(3)10-13/h5-7,11-13H,4,8-10H2,1-3H3,(H,16,17). The molecule has 1 aliphatic carbocycles. The minimum atomic E-state index is 0.549. The Kier molecular flexibility index (Phi) is 4.45. The van der Waals surface area contributed by atoms with Crippen LogP contribution in [0.2, 0.25) is 0 Å². The molecule has 0 aromatic carbocycles. The van der Waals surface area contributed by atoms with E-state index in [2.05, 4.69) is 24.1 Å². The molecular formula is C15H24N2O. The number of anilines is 1. The van der Waals surface area contributed by atoms with Crippen molar-refractivity contribution in [2.75, 3.05) is 11.9 Å². The number of pyridine rings is 1. The lowest BCUT2D eigenvalue weighted by molar-refractivity contribution is 0.280. The monoisotopic (exact) mass is 248 g/mol. The third-order valence-corrected chi connectivity index (χ3v) is 3.55. The summed E-state index contributed by atoms with van der Waals surface area (Å²) in [5.74, 6) is 3.26. The van der Waals surface area contributed by atoms with E-state index in [1.807, 2.05) is 25.1 Å². The highest BCUT2D eigenvalue weighted by Crippen LogP contribution is 2.30. The van der Waals surface area contributed by atoms with Crippen molar-refractivity contribution < 1.29 is 4.74 Å². The number of ether oxygens (including phenoxy) is 1. The Balaban J connectivity index is 1.97. The molecule has 0 amide bonds. The lowest BCUT2D eigenvalue weighted by Crippen LogP contribution is -2.30. The van der Waals surface area contributed by atoms with E-state index in [4.69, 9.17) is 4.74 Å². The molecule has 3 nitrogen and oxygen atoms in total. The molecule has 0 bridgehead atoms. The van der Waals surface area contributed by atoms with Crippen molar-refractivity contribution in [2.24, 2.45) is 11.8 Å². The van der Waals surface area contributed by atoms with E-state index >= 15 is 0 Å². The van der Waals surface area contributed by atoms with Crippen LogP contribution in [0.25, 0.3) is 0 Å². The van der Waals surface area contributed by atoms with Crippen LogP contribution in [-0.2, 0) is 0 Å². The largest absolute Gasteiger partial charge is 0.478 e. The molecule has 1 heterocycles. The first-order chi connectivity index (χ1) is 8.67. The molecule has 0 saturated heterocycles. The SMILES string of the molecule is CCOc1cccc(NC2CC(C)CC(C)C2)n1. The summed E-state index contributed by atoms with van der Waals surface area (Å²) in [6.45, 7) is 7.32. The third kappa shape index (κ3) is 3.62. The van der Waals surface area contributed by atoms with Crippen LogP contribution in [0.1, 0.15) is 40.0 Å². The average Bonchev–Trinajstić information content (AvgIpc) is 2.28. The normalized spacial score (nSPS) is 27.8. The maximum atomic E-state index is 5.43. The zero-order chi connectivity index (χ0) is 13.0. The molecule has 1 saturated carbocycles. The van der Waals surface area contributed by atoms with Crippen molar-refractivity contribution in [1.29, 1.82) is 0 Å². The molecule has 2 atom stereocenters. The highest BCUT2D eigenvalue weighted by Gasteiger charge is 2.23. The lowest BCUT2D eigenvalue weighted by Gasteiger charge is -2.32. The predicted molar refractivity (Wildman–Crippen MR) is 75.0 cm³/mol. The predicted octanol–water partition coefficient (Wildman–Crippen LogP) is 3.72. The summed E-state index contributed by atoms with van der Waals surface area (Å²) >= 11 is 0. The molecule has 0 spiro atoms. The smallest absolute Gasteiger partial charge is 0.215 e.